The average Bonchev–Trinajstić information content (AvgIpc) is 2.34. The molecule has 0 aromatic carbocycles. The van der Waals surface area contributed by atoms with Gasteiger partial charge in [-0.15, -0.1) is 0 Å². The second kappa shape index (κ2) is 8.46. The van der Waals surface area contributed by atoms with Crippen LogP contribution in [0.2, 0.25) is 0 Å². The normalized spacial score (nSPS) is 14.1. The summed E-state index contributed by atoms with van der Waals surface area (Å²) in [5.41, 5.74) is 0. The summed E-state index contributed by atoms with van der Waals surface area (Å²) in [4.78, 5) is 11.1. The number of rotatable bonds is 10. The Balaban J connectivity index is 4.01. The molecule has 0 saturated heterocycles. The molecule has 1 atom stereocenters. The fourth-order valence-corrected chi connectivity index (χ4v) is 1.76. The largest absolute Gasteiger partial charge is 0.462 e. The molecule has 20 heavy (non-hydrogen) atoms. The predicted molar refractivity (Wildman–Crippen MR) is 65.7 cm³/mol. The van der Waals surface area contributed by atoms with Crippen molar-refractivity contribution in [2.24, 2.45) is 0 Å². The van der Waals surface area contributed by atoms with Crippen molar-refractivity contribution < 1.29 is 35.7 Å². The highest BCUT2D eigenvalue weighted by Crippen LogP contribution is 2.27. The quantitative estimate of drug-likeness (QED) is 0.380. The highest BCUT2D eigenvalue weighted by molar-refractivity contribution is 7.86. The minimum Gasteiger partial charge on any atom is -0.462 e. The van der Waals surface area contributed by atoms with Crippen molar-refractivity contribution in [3.8, 4) is 0 Å². The molecule has 0 saturated carbocycles. The zero-order valence-corrected chi connectivity index (χ0v) is 12.0. The van der Waals surface area contributed by atoms with E-state index in [0.717, 1.165) is 25.7 Å². The van der Waals surface area contributed by atoms with Gasteiger partial charge >= 0.3 is 21.3 Å². The smallest absolute Gasteiger partial charge is 0.403 e. The molecule has 0 aliphatic rings. The number of alkyl halides is 3. The van der Waals surface area contributed by atoms with Gasteiger partial charge in [-0.3, -0.25) is 9.35 Å². The maximum absolute atomic E-state index is 13.0. The summed E-state index contributed by atoms with van der Waals surface area (Å²) in [6.07, 6.45) is 0.875. The van der Waals surface area contributed by atoms with Gasteiger partial charge < -0.3 is 4.74 Å². The van der Waals surface area contributed by atoms with E-state index in [4.69, 9.17) is 4.55 Å². The number of esters is 1. The monoisotopic (exact) mass is 320 g/mol. The third-order valence-electron chi connectivity index (χ3n) is 2.58. The molecular weight excluding hydrogens is 301 g/mol. The highest BCUT2D eigenvalue weighted by Gasteiger charge is 2.53. The van der Waals surface area contributed by atoms with Gasteiger partial charge in [-0.05, 0) is 6.42 Å². The fraction of sp³-hybridized carbons (Fsp3) is 0.909. The van der Waals surface area contributed by atoms with Gasteiger partial charge in [0.15, 0.2) is 0 Å². The lowest BCUT2D eigenvalue weighted by molar-refractivity contribution is -0.148. The Kier molecular flexibility index (Phi) is 8.10. The van der Waals surface area contributed by atoms with Crippen LogP contribution in [0.4, 0.5) is 13.2 Å². The minimum absolute atomic E-state index is 0.0477. The molecule has 0 aromatic rings. The van der Waals surface area contributed by atoms with Crippen molar-refractivity contribution in [1.82, 2.24) is 0 Å². The van der Waals surface area contributed by atoms with E-state index in [-0.39, 0.29) is 6.42 Å². The fourth-order valence-electron chi connectivity index (χ4n) is 1.37. The van der Waals surface area contributed by atoms with Crippen molar-refractivity contribution in [3.05, 3.63) is 0 Å². The van der Waals surface area contributed by atoms with Crippen molar-refractivity contribution in [2.45, 2.75) is 56.9 Å². The van der Waals surface area contributed by atoms with Crippen LogP contribution in [0.1, 0.15) is 45.4 Å². The van der Waals surface area contributed by atoms with Crippen LogP contribution in [0.5, 0.6) is 0 Å². The van der Waals surface area contributed by atoms with Gasteiger partial charge in [0.05, 0.1) is 0 Å². The summed E-state index contributed by atoms with van der Waals surface area (Å²) in [6.45, 7) is 0.603. The first-order valence-corrected chi connectivity index (χ1v) is 7.71. The number of halogens is 3. The van der Waals surface area contributed by atoms with Gasteiger partial charge in [0.2, 0.25) is 6.17 Å². The first kappa shape index (κ1) is 19.2. The molecule has 0 fully saturated rings. The lowest BCUT2D eigenvalue weighted by atomic mass is 10.1. The molecule has 1 N–H and O–H groups in total. The Bertz CT molecular complexity index is 397. The molecule has 0 bridgehead atoms. The van der Waals surface area contributed by atoms with Crippen molar-refractivity contribution in [2.75, 3.05) is 6.61 Å². The van der Waals surface area contributed by atoms with E-state index in [1.807, 2.05) is 6.92 Å². The van der Waals surface area contributed by atoms with Gasteiger partial charge in [-0.25, -0.2) is 4.39 Å². The van der Waals surface area contributed by atoms with Gasteiger partial charge in [-0.1, -0.05) is 32.6 Å². The number of hydrogen-bond donors (Lipinski definition) is 1. The molecule has 5 nitrogen and oxygen atoms in total. The second-order valence-electron chi connectivity index (χ2n) is 4.35. The van der Waals surface area contributed by atoms with Crippen LogP contribution in [0.15, 0.2) is 0 Å². The number of hydrogen-bond acceptors (Lipinski definition) is 4. The molecule has 0 spiro atoms. The number of carbonyl (C=O) groups is 1. The van der Waals surface area contributed by atoms with Gasteiger partial charge in [0.1, 0.15) is 6.61 Å². The number of ether oxygens (including phenoxy) is 1. The van der Waals surface area contributed by atoms with Crippen LogP contribution in [0, 0.1) is 0 Å². The van der Waals surface area contributed by atoms with E-state index in [2.05, 4.69) is 4.74 Å². The van der Waals surface area contributed by atoms with Crippen molar-refractivity contribution in [3.63, 3.8) is 0 Å². The standard InChI is InChI=1S/C11H19F3O5S/c1-2-3-4-5-6-7-10(15)19-8-9(12)11(13,14)20(16,17)18/h9H,2-8H2,1H3,(H,16,17,18). The molecule has 0 aliphatic heterocycles. The molecule has 0 aromatic heterocycles. The third-order valence-corrected chi connectivity index (χ3v) is 3.53. The summed E-state index contributed by atoms with van der Waals surface area (Å²) in [6, 6.07) is 0. The first-order chi connectivity index (χ1) is 9.13. The van der Waals surface area contributed by atoms with Gasteiger partial charge in [-0.2, -0.15) is 17.2 Å². The average molecular weight is 320 g/mol. The van der Waals surface area contributed by atoms with Crippen molar-refractivity contribution >= 4 is 16.1 Å². The lowest BCUT2D eigenvalue weighted by Crippen LogP contribution is -2.41. The van der Waals surface area contributed by atoms with Crippen LogP contribution in [0.3, 0.4) is 0 Å². The van der Waals surface area contributed by atoms with Crippen LogP contribution in [0.25, 0.3) is 0 Å². The Hall–Kier alpha value is -0.830. The van der Waals surface area contributed by atoms with Crippen LogP contribution < -0.4 is 0 Å². The highest BCUT2D eigenvalue weighted by atomic mass is 32.2. The SMILES string of the molecule is CCCCCCCC(=O)OCC(F)C(F)(F)S(=O)(=O)O. The van der Waals surface area contributed by atoms with E-state index >= 15 is 0 Å². The van der Waals surface area contributed by atoms with E-state index in [0.29, 0.717) is 6.42 Å². The Morgan fingerprint density at radius 3 is 2.30 bits per heavy atom. The topological polar surface area (TPSA) is 80.7 Å². The predicted octanol–water partition coefficient (Wildman–Crippen LogP) is 2.71. The molecule has 0 rings (SSSR count). The third kappa shape index (κ3) is 6.56. The minimum atomic E-state index is -5.88. The molecular formula is C11H19F3O5S. The summed E-state index contributed by atoms with van der Waals surface area (Å²) in [7, 11) is -5.88. The summed E-state index contributed by atoms with van der Waals surface area (Å²) in [5, 5.41) is -4.99. The Labute approximate surface area is 116 Å². The molecule has 9 heteroatoms. The van der Waals surface area contributed by atoms with E-state index in [1.54, 1.807) is 0 Å². The molecule has 0 amide bonds. The van der Waals surface area contributed by atoms with Crippen molar-refractivity contribution in [1.29, 1.82) is 0 Å². The molecule has 0 aliphatic carbocycles. The molecule has 1 unspecified atom stereocenters. The Morgan fingerprint density at radius 2 is 1.80 bits per heavy atom. The second-order valence-corrected chi connectivity index (χ2v) is 5.85. The van der Waals surface area contributed by atoms with Crippen LogP contribution >= 0.6 is 0 Å². The maximum Gasteiger partial charge on any atom is 0.403 e. The number of carbonyl (C=O) groups excluding carboxylic acids is 1. The first-order valence-electron chi connectivity index (χ1n) is 6.27. The molecule has 0 heterocycles. The summed E-state index contributed by atoms with van der Waals surface area (Å²) < 4.78 is 71.3. The van der Waals surface area contributed by atoms with E-state index < -0.39 is 34.1 Å². The van der Waals surface area contributed by atoms with Crippen LogP contribution in [-0.2, 0) is 19.6 Å². The zero-order chi connectivity index (χ0) is 15.8. The summed E-state index contributed by atoms with van der Waals surface area (Å²) >= 11 is 0. The Morgan fingerprint density at radius 1 is 1.25 bits per heavy atom. The zero-order valence-electron chi connectivity index (χ0n) is 11.1. The van der Waals surface area contributed by atoms with E-state index in [1.165, 1.54) is 0 Å². The van der Waals surface area contributed by atoms with E-state index in [9.17, 15) is 26.4 Å². The van der Waals surface area contributed by atoms with Crippen LogP contribution in [-0.4, -0.2) is 37.0 Å². The summed E-state index contributed by atoms with van der Waals surface area (Å²) in [5.74, 6) is -0.879. The van der Waals surface area contributed by atoms with Gasteiger partial charge in [0, 0.05) is 6.42 Å². The lowest BCUT2D eigenvalue weighted by Gasteiger charge is -2.17. The number of unbranched alkanes of at least 4 members (excludes halogenated alkanes) is 4. The molecule has 0 radical (unpaired) electrons. The van der Waals surface area contributed by atoms with Gasteiger partial charge in [0.25, 0.3) is 0 Å². The maximum atomic E-state index is 13.0. The molecule has 120 valence electrons.